The van der Waals surface area contributed by atoms with Crippen LogP contribution in [0.4, 0.5) is 5.69 Å². The number of aromatic hydroxyl groups is 1. The van der Waals surface area contributed by atoms with Crippen LogP contribution in [0, 0.1) is 10.1 Å². The molecule has 0 radical (unpaired) electrons. The fraction of sp³-hybridized carbons (Fsp3) is 0. The van der Waals surface area contributed by atoms with Crippen LogP contribution in [0.5, 0.6) is 5.75 Å². The van der Waals surface area contributed by atoms with Crippen LogP contribution in [-0.4, -0.2) is 16.2 Å². The van der Waals surface area contributed by atoms with Crippen LogP contribution in [0.2, 0.25) is 0 Å². The maximum absolute atomic E-state index is 10.8. The molecule has 0 saturated carbocycles. The highest BCUT2D eigenvalue weighted by Gasteiger charge is 2.12. The smallest absolute Gasteiger partial charge is 0.284 e. The lowest BCUT2D eigenvalue weighted by atomic mass is 10.2. The summed E-state index contributed by atoms with van der Waals surface area (Å²) in [4.78, 5) is 10.8. The molecule has 0 aliphatic heterocycles. The first kappa shape index (κ1) is 13.1. The van der Waals surface area contributed by atoms with E-state index in [-0.39, 0.29) is 11.4 Å². The van der Waals surface area contributed by atoms with Gasteiger partial charge in [0.1, 0.15) is 10.6 Å². The Bertz CT molecular complexity index is 629. The van der Waals surface area contributed by atoms with Crippen molar-refractivity contribution in [1.82, 2.24) is 0 Å². The van der Waals surface area contributed by atoms with Gasteiger partial charge in [-0.3, -0.25) is 10.1 Å². The van der Waals surface area contributed by atoms with E-state index in [1.165, 1.54) is 12.3 Å². The summed E-state index contributed by atoms with van der Waals surface area (Å²) in [6, 6.07) is 13.1. The van der Waals surface area contributed by atoms with Gasteiger partial charge in [-0.05, 0) is 18.2 Å². The summed E-state index contributed by atoms with van der Waals surface area (Å²) in [7, 11) is 0. The molecule has 0 amide bonds. The van der Waals surface area contributed by atoms with E-state index in [4.69, 9.17) is 0 Å². The van der Waals surface area contributed by atoms with E-state index in [0.717, 1.165) is 11.9 Å². The molecule has 0 unspecified atom stereocenters. The summed E-state index contributed by atoms with van der Waals surface area (Å²) in [6.45, 7) is 0. The molecule has 0 fully saturated rings. The van der Waals surface area contributed by atoms with E-state index in [0.29, 0.717) is 10.5 Å². The lowest BCUT2D eigenvalue weighted by molar-refractivity contribution is -0.387. The van der Waals surface area contributed by atoms with Gasteiger partial charge in [0.2, 0.25) is 0 Å². The van der Waals surface area contributed by atoms with Crippen molar-refractivity contribution < 1.29 is 10.0 Å². The zero-order chi connectivity index (χ0) is 13.7. The van der Waals surface area contributed by atoms with Crippen LogP contribution >= 0.6 is 11.9 Å². The van der Waals surface area contributed by atoms with Gasteiger partial charge in [0.15, 0.2) is 0 Å². The summed E-state index contributed by atoms with van der Waals surface area (Å²) in [6.07, 6.45) is 1.47. The number of rotatable bonds is 4. The van der Waals surface area contributed by atoms with Gasteiger partial charge in [0.25, 0.3) is 5.69 Å². The molecule has 0 bridgehead atoms. The van der Waals surface area contributed by atoms with Gasteiger partial charge in [0.05, 0.1) is 4.92 Å². The molecule has 0 saturated heterocycles. The van der Waals surface area contributed by atoms with E-state index in [1.807, 2.05) is 0 Å². The first-order valence-corrected chi connectivity index (χ1v) is 6.17. The largest absolute Gasteiger partial charge is 0.507 e. The minimum atomic E-state index is -0.447. The molecule has 0 aromatic heterocycles. The Labute approximate surface area is 113 Å². The van der Waals surface area contributed by atoms with Crippen LogP contribution < -0.4 is 0 Å². The third kappa shape index (κ3) is 3.32. The van der Waals surface area contributed by atoms with Gasteiger partial charge < -0.3 is 5.11 Å². The highest BCUT2D eigenvalue weighted by Crippen LogP contribution is 2.29. The second-order valence-corrected chi connectivity index (χ2v) is 4.44. The standard InChI is InChI=1S/C13H10N2O3S/c16-12-7-3-1-5-10(12)9-14-19-13-8-4-2-6-11(13)15(17)18/h1-9,16H. The molecule has 96 valence electrons. The maximum atomic E-state index is 10.8. The Hall–Kier alpha value is -2.34. The predicted octanol–water partition coefficient (Wildman–Crippen LogP) is 3.43. The second kappa shape index (κ2) is 6.01. The van der Waals surface area contributed by atoms with Crippen molar-refractivity contribution >= 4 is 23.8 Å². The van der Waals surface area contributed by atoms with E-state index < -0.39 is 4.92 Å². The number of benzene rings is 2. The number of para-hydroxylation sites is 2. The lowest BCUT2D eigenvalue weighted by Crippen LogP contribution is -1.89. The summed E-state index contributed by atoms with van der Waals surface area (Å²) in [5.41, 5.74) is 0.579. The minimum absolute atomic E-state index is 0.0157. The quantitative estimate of drug-likeness (QED) is 0.401. The SMILES string of the molecule is O=[N+]([O-])c1ccccc1SN=Cc1ccccc1O. The highest BCUT2D eigenvalue weighted by atomic mass is 32.2. The number of hydrogen-bond acceptors (Lipinski definition) is 5. The molecule has 0 aliphatic carbocycles. The average molecular weight is 274 g/mol. The van der Waals surface area contributed by atoms with E-state index in [9.17, 15) is 15.2 Å². The topological polar surface area (TPSA) is 75.7 Å². The molecule has 6 heteroatoms. The normalized spacial score (nSPS) is 10.7. The number of hydrogen-bond donors (Lipinski definition) is 1. The minimum Gasteiger partial charge on any atom is -0.507 e. The lowest BCUT2D eigenvalue weighted by Gasteiger charge is -1.98. The Morgan fingerprint density at radius 2 is 1.84 bits per heavy atom. The number of nitro groups is 1. The number of phenols is 1. The van der Waals surface area contributed by atoms with Crippen molar-refractivity contribution in [3.05, 3.63) is 64.2 Å². The van der Waals surface area contributed by atoms with Gasteiger partial charge in [-0.25, -0.2) is 4.40 Å². The first-order valence-electron chi connectivity index (χ1n) is 5.40. The molecule has 1 N–H and O–H groups in total. The van der Waals surface area contributed by atoms with E-state index >= 15 is 0 Å². The fourth-order valence-corrected chi connectivity index (χ4v) is 2.08. The van der Waals surface area contributed by atoms with Crippen molar-refractivity contribution in [2.45, 2.75) is 4.90 Å². The van der Waals surface area contributed by atoms with Gasteiger partial charge in [-0.1, -0.05) is 24.3 Å². The number of nitro benzene ring substituents is 1. The molecule has 2 rings (SSSR count). The molecule has 2 aromatic carbocycles. The summed E-state index contributed by atoms with van der Waals surface area (Å²) in [5, 5.41) is 20.4. The van der Waals surface area contributed by atoms with Gasteiger partial charge in [0, 0.05) is 29.8 Å². The molecule has 5 nitrogen and oxygen atoms in total. The average Bonchev–Trinajstić information content (AvgIpc) is 2.41. The highest BCUT2D eigenvalue weighted by molar-refractivity contribution is 7.98. The molecular formula is C13H10N2O3S. The van der Waals surface area contributed by atoms with Crippen molar-refractivity contribution in [2.24, 2.45) is 4.40 Å². The van der Waals surface area contributed by atoms with Crippen molar-refractivity contribution in [3.8, 4) is 5.75 Å². The van der Waals surface area contributed by atoms with E-state index in [2.05, 4.69) is 4.40 Å². The van der Waals surface area contributed by atoms with Crippen LogP contribution in [0.15, 0.2) is 57.8 Å². The van der Waals surface area contributed by atoms with Crippen molar-refractivity contribution in [3.63, 3.8) is 0 Å². The van der Waals surface area contributed by atoms with Crippen molar-refractivity contribution in [2.75, 3.05) is 0 Å². The fourth-order valence-electron chi connectivity index (χ4n) is 1.42. The summed E-state index contributed by atoms with van der Waals surface area (Å²) >= 11 is 0.996. The number of nitrogens with zero attached hydrogens (tertiary/aromatic N) is 2. The third-order valence-electron chi connectivity index (χ3n) is 2.34. The molecule has 19 heavy (non-hydrogen) atoms. The zero-order valence-corrected chi connectivity index (χ0v) is 10.6. The number of phenolic OH excluding ortho intramolecular Hbond substituents is 1. The first-order chi connectivity index (χ1) is 9.18. The Balaban J connectivity index is 2.15. The molecule has 0 atom stereocenters. The van der Waals surface area contributed by atoms with Crippen LogP contribution in [0.3, 0.4) is 0 Å². The molecular weight excluding hydrogens is 264 g/mol. The molecule has 0 aliphatic rings. The summed E-state index contributed by atoms with van der Waals surface area (Å²) in [5.74, 6) is 0.120. The van der Waals surface area contributed by atoms with Gasteiger partial charge >= 0.3 is 0 Å². The van der Waals surface area contributed by atoms with Crippen LogP contribution in [0.1, 0.15) is 5.56 Å². The second-order valence-electron chi connectivity index (χ2n) is 3.61. The monoisotopic (exact) mass is 274 g/mol. The van der Waals surface area contributed by atoms with Crippen LogP contribution in [0.25, 0.3) is 0 Å². The van der Waals surface area contributed by atoms with Crippen LogP contribution in [-0.2, 0) is 0 Å². The molecule has 0 spiro atoms. The predicted molar refractivity (Wildman–Crippen MR) is 74.7 cm³/mol. The Morgan fingerprint density at radius 3 is 2.58 bits per heavy atom. The molecule has 0 heterocycles. The van der Waals surface area contributed by atoms with Gasteiger partial charge in [-0.15, -0.1) is 0 Å². The van der Waals surface area contributed by atoms with E-state index in [1.54, 1.807) is 42.5 Å². The Kier molecular flexibility index (Phi) is 4.15. The van der Waals surface area contributed by atoms with Gasteiger partial charge in [-0.2, -0.15) is 0 Å². The zero-order valence-electron chi connectivity index (χ0n) is 9.76. The maximum Gasteiger partial charge on any atom is 0.284 e. The van der Waals surface area contributed by atoms with Crippen molar-refractivity contribution in [1.29, 1.82) is 0 Å². The molecule has 2 aromatic rings. The third-order valence-corrected chi connectivity index (χ3v) is 3.09. The Morgan fingerprint density at radius 1 is 1.16 bits per heavy atom. The summed E-state index contributed by atoms with van der Waals surface area (Å²) < 4.78 is 4.04.